The van der Waals surface area contributed by atoms with Gasteiger partial charge in [0.1, 0.15) is 4.90 Å². The molecule has 8 heteroatoms. The van der Waals surface area contributed by atoms with Crippen LogP contribution in [0.5, 0.6) is 0 Å². The summed E-state index contributed by atoms with van der Waals surface area (Å²) in [5.74, 6) is -0.401. The maximum absolute atomic E-state index is 12.9. The Kier molecular flexibility index (Phi) is 6.18. The molecule has 1 saturated carbocycles. The summed E-state index contributed by atoms with van der Waals surface area (Å²) in [6.07, 6.45) is 7.54. The van der Waals surface area contributed by atoms with Crippen LogP contribution in [0.3, 0.4) is 0 Å². The molecule has 1 aromatic rings. The molecule has 0 radical (unpaired) electrons. The van der Waals surface area contributed by atoms with Crippen LogP contribution < -0.4 is 0 Å². The molecule has 2 aliphatic rings. The zero-order chi connectivity index (χ0) is 19.6. The first-order chi connectivity index (χ1) is 12.8. The number of pyridine rings is 1. The Morgan fingerprint density at radius 3 is 2.33 bits per heavy atom. The summed E-state index contributed by atoms with van der Waals surface area (Å²) in [7, 11) is -3.75. The summed E-state index contributed by atoms with van der Waals surface area (Å²) < 4.78 is 33.3. The maximum atomic E-state index is 12.9. The van der Waals surface area contributed by atoms with Crippen molar-refractivity contribution in [3.05, 3.63) is 23.5 Å². The summed E-state index contributed by atoms with van der Waals surface area (Å²) in [6, 6.07) is 1.20. The molecule has 1 saturated heterocycles. The van der Waals surface area contributed by atoms with Crippen LogP contribution in [-0.4, -0.2) is 54.1 Å². The number of carboxylic acids is 1. The number of hydrogen-bond acceptors (Lipinski definition) is 5. The molecule has 1 N–H and O–H groups in total. The average molecular weight is 397 g/mol. The van der Waals surface area contributed by atoms with Crippen molar-refractivity contribution >= 4 is 16.0 Å². The number of hydrogen-bond donors (Lipinski definition) is 1. The molecule has 2 fully saturated rings. The zero-order valence-electron chi connectivity index (χ0n) is 15.9. The van der Waals surface area contributed by atoms with E-state index in [1.165, 1.54) is 29.4 Å². The molecule has 0 atom stereocenters. The van der Waals surface area contributed by atoms with E-state index in [2.05, 4.69) is 11.9 Å². The highest BCUT2D eigenvalue weighted by molar-refractivity contribution is 7.89. The number of carbonyl (C=O) groups is 1. The first-order valence-corrected chi connectivity index (χ1v) is 11.1. The van der Waals surface area contributed by atoms with Crippen molar-refractivity contribution in [2.24, 2.45) is 5.92 Å². The van der Waals surface area contributed by atoms with Crippen LogP contribution in [0.25, 0.3) is 0 Å². The molecular weight excluding hydrogens is 368 g/mol. The molecule has 0 bridgehead atoms. The van der Waals surface area contributed by atoms with Gasteiger partial charge in [-0.2, -0.15) is 4.31 Å². The Labute approximate surface area is 160 Å². The number of nitrogens with zero attached hydrogens (tertiary/aromatic N) is 2. The third kappa shape index (κ3) is 4.67. The molecule has 0 aromatic carbocycles. The summed E-state index contributed by atoms with van der Waals surface area (Å²) >= 11 is 0. The van der Waals surface area contributed by atoms with E-state index in [1.54, 1.807) is 6.92 Å². The van der Waals surface area contributed by atoms with Crippen LogP contribution in [0.15, 0.2) is 17.2 Å². The Balaban J connectivity index is 1.61. The zero-order valence-corrected chi connectivity index (χ0v) is 16.7. The van der Waals surface area contributed by atoms with Crippen molar-refractivity contribution in [1.82, 2.24) is 9.29 Å². The lowest BCUT2D eigenvalue weighted by Crippen LogP contribution is -2.42. The Morgan fingerprint density at radius 2 is 1.74 bits per heavy atom. The Bertz CT molecular complexity index is 779. The quantitative estimate of drug-likeness (QED) is 0.822. The minimum atomic E-state index is -3.75. The monoisotopic (exact) mass is 396 g/mol. The maximum Gasteiger partial charge on any atom is 0.337 e. The molecule has 7 nitrogen and oxygen atoms in total. The van der Waals surface area contributed by atoms with Crippen molar-refractivity contribution in [3.8, 4) is 0 Å². The number of piperidine rings is 1. The van der Waals surface area contributed by atoms with Gasteiger partial charge in [-0.15, -0.1) is 0 Å². The smallest absolute Gasteiger partial charge is 0.337 e. The standard InChI is InChI=1S/C19H28N2O5S/c1-13-3-5-15(6-4-13)26-16-7-9-21(10-8-16)27(24,25)17-11-18(19(22)23)14(2)20-12-17/h11-13,15-16H,3-10H2,1-2H3,(H,22,23). The number of carboxylic acid groups (broad SMARTS) is 1. The fraction of sp³-hybridized carbons (Fsp3) is 0.684. The number of aromatic nitrogens is 1. The second-order valence-electron chi connectivity index (χ2n) is 7.73. The molecule has 0 amide bonds. The van der Waals surface area contributed by atoms with Crippen LogP contribution in [0.1, 0.15) is 61.5 Å². The molecule has 3 rings (SSSR count). The van der Waals surface area contributed by atoms with Gasteiger partial charge in [-0.25, -0.2) is 13.2 Å². The molecule has 27 heavy (non-hydrogen) atoms. The Hall–Kier alpha value is -1.51. The molecule has 1 aliphatic carbocycles. The predicted octanol–water partition coefficient (Wildman–Crippen LogP) is 2.84. The summed E-state index contributed by atoms with van der Waals surface area (Å²) in [4.78, 5) is 15.1. The van der Waals surface area contributed by atoms with Crippen molar-refractivity contribution in [3.63, 3.8) is 0 Å². The second kappa shape index (κ2) is 8.24. The highest BCUT2D eigenvalue weighted by atomic mass is 32.2. The van der Waals surface area contributed by atoms with Crippen molar-refractivity contribution in [1.29, 1.82) is 0 Å². The van der Waals surface area contributed by atoms with E-state index < -0.39 is 16.0 Å². The fourth-order valence-corrected chi connectivity index (χ4v) is 5.31. The number of ether oxygens (including phenoxy) is 1. The first kappa shape index (κ1) is 20.2. The number of rotatable bonds is 5. The van der Waals surface area contributed by atoms with E-state index in [1.807, 2.05) is 0 Å². The summed E-state index contributed by atoms with van der Waals surface area (Å²) in [6.45, 7) is 4.59. The van der Waals surface area contributed by atoms with E-state index in [4.69, 9.17) is 4.74 Å². The highest BCUT2D eigenvalue weighted by Crippen LogP contribution is 2.29. The van der Waals surface area contributed by atoms with E-state index in [-0.39, 0.29) is 16.6 Å². The van der Waals surface area contributed by atoms with Gasteiger partial charge in [-0.3, -0.25) is 4.98 Å². The minimum Gasteiger partial charge on any atom is -0.478 e. The molecule has 0 unspecified atom stereocenters. The lowest BCUT2D eigenvalue weighted by Gasteiger charge is -2.35. The topological polar surface area (TPSA) is 96.8 Å². The lowest BCUT2D eigenvalue weighted by molar-refractivity contribution is -0.0532. The average Bonchev–Trinajstić information content (AvgIpc) is 2.64. The largest absolute Gasteiger partial charge is 0.478 e. The first-order valence-electron chi connectivity index (χ1n) is 9.63. The van der Waals surface area contributed by atoms with Crippen LogP contribution >= 0.6 is 0 Å². The molecule has 1 aromatic heterocycles. The minimum absolute atomic E-state index is 0.0638. The highest BCUT2D eigenvalue weighted by Gasteiger charge is 2.32. The molecule has 1 aliphatic heterocycles. The van der Waals surface area contributed by atoms with Gasteiger partial charge in [0.2, 0.25) is 10.0 Å². The third-order valence-corrected chi connectivity index (χ3v) is 7.54. The summed E-state index contributed by atoms with van der Waals surface area (Å²) in [5, 5.41) is 9.21. The summed E-state index contributed by atoms with van der Waals surface area (Å²) in [5.41, 5.74) is 0.219. The van der Waals surface area contributed by atoms with Gasteiger partial charge in [-0.1, -0.05) is 6.92 Å². The van der Waals surface area contributed by atoms with Crippen molar-refractivity contribution < 1.29 is 23.1 Å². The fourth-order valence-electron chi connectivity index (χ4n) is 3.87. The lowest BCUT2D eigenvalue weighted by atomic mass is 9.88. The SMILES string of the molecule is Cc1ncc(S(=O)(=O)N2CCC(OC3CCC(C)CC3)CC2)cc1C(=O)O. The van der Waals surface area contributed by atoms with Gasteiger partial charge in [-0.05, 0) is 57.4 Å². The Morgan fingerprint density at radius 1 is 1.15 bits per heavy atom. The van der Waals surface area contributed by atoms with E-state index in [0.717, 1.165) is 18.8 Å². The predicted molar refractivity (Wildman–Crippen MR) is 100 cm³/mol. The van der Waals surface area contributed by atoms with Crippen LogP contribution in [-0.2, 0) is 14.8 Å². The number of aromatic carboxylic acids is 1. The van der Waals surface area contributed by atoms with E-state index in [0.29, 0.717) is 37.7 Å². The van der Waals surface area contributed by atoms with Gasteiger partial charge in [0.25, 0.3) is 0 Å². The second-order valence-corrected chi connectivity index (χ2v) is 9.67. The van der Waals surface area contributed by atoms with E-state index >= 15 is 0 Å². The van der Waals surface area contributed by atoms with Gasteiger partial charge < -0.3 is 9.84 Å². The van der Waals surface area contributed by atoms with Crippen molar-refractivity contribution in [2.75, 3.05) is 13.1 Å². The normalized spacial score (nSPS) is 25.4. The third-order valence-electron chi connectivity index (χ3n) is 5.68. The van der Waals surface area contributed by atoms with Gasteiger partial charge in [0, 0.05) is 19.3 Å². The van der Waals surface area contributed by atoms with Crippen LogP contribution in [0.2, 0.25) is 0 Å². The van der Waals surface area contributed by atoms with Gasteiger partial charge in [0.15, 0.2) is 0 Å². The molecular formula is C19H28N2O5S. The number of sulfonamides is 1. The molecule has 0 spiro atoms. The van der Waals surface area contributed by atoms with Crippen LogP contribution in [0, 0.1) is 12.8 Å². The molecule has 150 valence electrons. The van der Waals surface area contributed by atoms with Crippen molar-refractivity contribution in [2.45, 2.75) is 69.5 Å². The van der Waals surface area contributed by atoms with E-state index in [9.17, 15) is 18.3 Å². The number of aryl methyl sites for hydroxylation is 1. The van der Waals surface area contributed by atoms with Gasteiger partial charge in [0.05, 0.1) is 23.5 Å². The molecule has 2 heterocycles. The van der Waals surface area contributed by atoms with Crippen LogP contribution in [0.4, 0.5) is 0 Å². The van der Waals surface area contributed by atoms with Gasteiger partial charge >= 0.3 is 5.97 Å².